The molecule has 3 rings (SSSR count). The van der Waals surface area contributed by atoms with Crippen LogP contribution >= 0.6 is 0 Å². The number of hydrogen-bond donors (Lipinski definition) is 3. The number of aliphatic carboxylic acids is 2. The van der Waals surface area contributed by atoms with Crippen molar-refractivity contribution < 1.29 is 24.4 Å². The van der Waals surface area contributed by atoms with E-state index < -0.39 is 29.3 Å². The van der Waals surface area contributed by atoms with Gasteiger partial charge in [-0.05, 0) is 41.2 Å². The summed E-state index contributed by atoms with van der Waals surface area (Å²) < 4.78 is 4.79. The monoisotopic (exact) mass is 384 g/mol. The van der Waals surface area contributed by atoms with E-state index in [1.165, 1.54) is 0 Å². The number of benzene rings is 1. The third-order valence-corrected chi connectivity index (χ3v) is 5.32. The smallest absolute Gasteiger partial charge is 0.335 e. The number of nitrogens with zero attached hydrogens (tertiary/aromatic N) is 3. The van der Waals surface area contributed by atoms with Gasteiger partial charge in [0.25, 0.3) is 0 Å². The molecule has 0 saturated heterocycles. The maximum absolute atomic E-state index is 12.6. The van der Waals surface area contributed by atoms with E-state index in [1.807, 2.05) is 19.9 Å². The second-order valence-electron chi connectivity index (χ2n) is 7.43. The first-order valence-electron chi connectivity index (χ1n) is 8.82. The van der Waals surface area contributed by atoms with Crippen LogP contribution in [0.3, 0.4) is 0 Å². The van der Waals surface area contributed by atoms with Crippen LogP contribution in [0.15, 0.2) is 34.1 Å². The van der Waals surface area contributed by atoms with Crippen molar-refractivity contribution in [3.63, 3.8) is 0 Å². The number of carboxylic acids is 2. The standard InChI is InChI=1S/C19H20N4O5/c1-9(2)7-19(18(26)27)10(3)21-13(8-20)14(17(24)25)15(19)11-5-4-6-12-16(11)23-28-22-12/h4-6,9-10,15,21H,7H2,1-3H3,(H,24,25)(H,26,27). The lowest BCUT2D eigenvalue weighted by Gasteiger charge is -2.47. The lowest BCUT2D eigenvalue weighted by atomic mass is 9.59. The zero-order valence-electron chi connectivity index (χ0n) is 15.6. The van der Waals surface area contributed by atoms with Crippen LogP contribution < -0.4 is 5.32 Å². The third-order valence-electron chi connectivity index (χ3n) is 5.32. The van der Waals surface area contributed by atoms with Gasteiger partial charge >= 0.3 is 11.9 Å². The quantitative estimate of drug-likeness (QED) is 0.705. The molecular weight excluding hydrogens is 364 g/mol. The first-order valence-corrected chi connectivity index (χ1v) is 8.82. The maximum atomic E-state index is 12.6. The molecule has 1 aromatic heterocycles. The number of aromatic nitrogens is 2. The predicted octanol–water partition coefficient (Wildman–Crippen LogP) is 2.28. The molecule has 0 amide bonds. The highest BCUT2D eigenvalue weighted by atomic mass is 16.6. The summed E-state index contributed by atoms with van der Waals surface area (Å²) in [5.74, 6) is -3.67. The van der Waals surface area contributed by atoms with Crippen LogP contribution in [0.5, 0.6) is 0 Å². The molecule has 0 aliphatic carbocycles. The number of allylic oxidation sites excluding steroid dienone is 1. The van der Waals surface area contributed by atoms with Crippen molar-refractivity contribution in [3.8, 4) is 6.07 Å². The number of carbonyl (C=O) groups is 2. The second-order valence-corrected chi connectivity index (χ2v) is 7.43. The van der Waals surface area contributed by atoms with Crippen LogP contribution in [-0.2, 0) is 9.59 Å². The Morgan fingerprint density at radius 1 is 1.36 bits per heavy atom. The average Bonchev–Trinajstić information content (AvgIpc) is 3.10. The van der Waals surface area contributed by atoms with Crippen molar-refractivity contribution in [1.29, 1.82) is 5.26 Å². The lowest BCUT2D eigenvalue weighted by Crippen LogP contribution is -2.57. The molecule has 1 aliphatic rings. The molecule has 3 N–H and O–H groups in total. The number of nitriles is 1. The van der Waals surface area contributed by atoms with E-state index in [1.54, 1.807) is 25.1 Å². The summed E-state index contributed by atoms with van der Waals surface area (Å²) in [7, 11) is 0. The molecule has 1 aromatic carbocycles. The van der Waals surface area contributed by atoms with Crippen LogP contribution in [0.25, 0.3) is 11.0 Å². The number of nitrogens with one attached hydrogen (secondary N) is 1. The first-order chi connectivity index (χ1) is 13.2. The first kappa shape index (κ1) is 19.4. The minimum atomic E-state index is -1.52. The normalized spacial score (nSPS) is 24.8. The van der Waals surface area contributed by atoms with Gasteiger partial charge in [-0.1, -0.05) is 26.0 Å². The van der Waals surface area contributed by atoms with Crippen LogP contribution in [0, 0.1) is 22.7 Å². The molecular formula is C19H20N4O5. The largest absolute Gasteiger partial charge is 0.481 e. The SMILES string of the molecule is CC(C)CC1(C(=O)O)C(C)NC(C#N)=C(C(=O)O)C1c1cccc2nonc12. The van der Waals surface area contributed by atoms with Gasteiger partial charge in [0.15, 0.2) is 0 Å². The Morgan fingerprint density at radius 3 is 2.64 bits per heavy atom. The van der Waals surface area contributed by atoms with Gasteiger partial charge in [-0.25, -0.2) is 9.42 Å². The Hall–Kier alpha value is -3.41. The molecule has 2 aromatic rings. The zero-order valence-corrected chi connectivity index (χ0v) is 15.6. The van der Waals surface area contributed by atoms with Crippen molar-refractivity contribution in [2.45, 2.75) is 39.2 Å². The average molecular weight is 384 g/mol. The van der Waals surface area contributed by atoms with Crippen LogP contribution in [0.4, 0.5) is 0 Å². The molecule has 3 unspecified atom stereocenters. The third kappa shape index (κ3) is 2.78. The Kier molecular flexibility index (Phi) is 4.81. The van der Waals surface area contributed by atoms with Gasteiger partial charge in [0.1, 0.15) is 22.8 Å². The summed E-state index contributed by atoms with van der Waals surface area (Å²) in [6.07, 6.45) is 0.193. The maximum Gasteiger partial charge on any atom is 0.335 e. The van der Waals surface area contributed by atoms with E-state index in [4.69, 9.17) is 4.63 Å². The van der Waals surface area contributed by atoms with Crippen molar-refractivity contribution in [1.82, 2.24) is 15.6 Å². The molecule has 0 bridgehead atoms. The van der Waals surface area contributed by atoms with Crippen molar-refractivity contribution in [3.05, 3.63) is 35.0 Å². The highest BCUT2D eigenvalue weighted by molar-refractivity contribution is 5.95. The topological polar surface area (TPSA) is 149 Å². The number of hydrogen-bond acceptors (Lipinski definition) is 7. The molecule has 0 radical (unpaired) electrons. The predicted molar refractivity (Wildman–Crippen MR) is 96.9 cm³/mol. The summed E-state index contributed by atoms with van der Waals surface area (Å²) in [5, 5.41) is 40.2. The number of fused-ring (bicyclic) bond motifs is 1. The van der Waals surface area contributed by atoms with Gasteiger partial charge in [-0.3, -0.25) is 4.79 Å². The van der Waals surface area contributed by atoms with Crippen molar-refractivity contribution >= 4 is 23.0 Å². The molecule has 0 fully saturated rings. The minimum Gasteiger partial charge on any atom is -0.481 e. The van der Waals surface area contributed by atoms with Crippen molar-refractivity contribution in [2.24, 2.45) is 11.3 Å². The lowest BCUT2D eigenvalue weighted by molar-refractivity contribution is -0.154. The summed E-state index contributed by atoms with van der Waals surface area (Å²) in [4.78, 5) is 24.8. The van der Waals surface area contributed by atoms with Crippen LogP contribution in [-0.4, -0.2) is 38.5 Å². The van der Waals surface area contributed by atoms with E-state index in [2.05, 4.69) is 15.6 Å². The van der Waals surface area contributed by atoms with Gasteiger partial charge in [0, 0.05) is 12.0 Å². The number of rotatable bonds is 5. The fraction of sp³-hybridized carbons (Fsp3) is 0.421. The molecule has 9 nitrogen and oxygen atoms in total. The molecule has 3 atom stereocenters. The van der Waals surface area contributed by atoms with Crippen LogP contribution in [0.1, 0.15) is 38.7 Å². The Labute approximate surface area is 160 Å². The molecule has 9 heteroatoms. The van der Waals surface area contributed by atoms with E-state index in [9.17, 15) is 25.1 Å². The van der Waals surface area contributed by atoms with E-state index in [-0.39, 0.29) is 29.1 Å². The van der Waals surface area contributed by atoms with Gasteiger partial charge in [0.2, 0.25) is 0 Å². The van der Waals surface area contributed by atoms with Gasteiger partial charge in [0.05, 0.1) is 11.0 Å². The highest BCUT2D eigenvalue weighted by Crippen LogP contribution is 2.52. The summed E-state index contributed by atoms with van der Waals surface area (Å²) in [6.45, 7) is 5.40. The molecule has 28 heavy (non-hydrogen) atoms. The molecule has 146 valence electrons. The van der Waals surface area contributed by atoms with Gasteiger partial charge in [-0.15, -0.1) is 0 Å². The minimum absolute atomic E-state index is 0.0452. The zero-order chi connectivity index (χ0) is 20.6. The summed E-state index contributed by atoms with van der Waals surface area (Å²) in [6, 6.07) is 6.07. The fourth-order valence-electron chi connectivity index (χ4n) is 4.26. The Morgan fingerprint density at radius 2 is 2.07 bits per heavy atom. The Balaban J connectivity index is 2.43. The molecule has 1 aliphatic heterocycles. The van der Waals surface area contributed by atoms with E-state index >= 15 is 0 Å². The van der Waals surface area contributed by atoms with Gasteiger partial charge in [-0.2, -0.15) is 5.26 Å². The van der Waals surface area contributed by atoms with E-state index in [0.717, 1.165) is 0 Å². The van der Waals surface area contributed by atoms with E-state index in [0.29, 0.717) is 11.1 Å². The van der Waals surface area contributed by atoms with Crippen molar-refractivity contribution in [2.75, 3.05) is 0 Å². The fourth-order valence-corrected chi connectivity index (χ4v) is 4.26. The van der Waals surface area contributed by atoms with Crippen LogP contribution in [0.2, 0.25) is 0 Å². The molecule has 2 heterocycles. The van der Waals surface area contributed by atoms with Gasteiger partial charge < -0.3 is 15.5 Å². The molecule has 0 saturated carbocycles. The second kappa shape index (κ2) is 6.96. The Bertz CT molecular complexity index is 1020. The summed E-state index contributed by atoms with van der Waals surface area (Å²) in [5.41, 5.74) is -0.934. The molecule has 0 spiro atoms. The summed E-state index contributed by atoms with van der Waals surface area (Å²) >= 11 is 0. The number of carboxylic acid groups (broad SMARTS) is 2. The highest BCUT2D eigenvalue weighted by Gasteiger charge is 2.57.